The van der Waals surface area contributed by atoms with Crippen LogP contribution in [0.4, 0.5) is 5.13 Å². The SMILES string of the molecule is N[C@H](c1ccccc1)c1ccc(C(=O)Nc2nc3ccccc3s2)cc1. The van der Waals surface area contributed by atoms with Gasteiger partial charge in [-0.1, -0.05) is 65.9 Å². The molecular weight excluding hydrogens is 342 g/mol. The molecule has 128 valence electrons. The topological polar surface area (TPSA) is 68.0 Å². The highest BCUT2D eigenvalue weighted by molar-refractivity contribution is 7.22. The first-order valence-corrected chi connectivity index (χ1v) is 9.10. The van der Waals surface area contributed by atoms with E-state index in [0.29, 0.717) is 10.7 Å². The summed E-state index contributed by atoms with van der Waals surface area (Å²) in [6.07, 6.45) is 0. The Kier molecular flexibility index (Phi) is 4.48. The van der Waals surface area contributed by atoms with Gasteiger partial charge in [0.15, 0.2) is 5.13 Å². The van der Waals surface area contributed by atoms with E-state index in [1.54, 1.807) is 12.1 Å². The van der Waals surface area contributed by atoms with Crippen LogP contribution < -0.4 is 11.1 Å². The normalized spacial score (nSPS) is 12.0. The van der Waals surface area contributed by atoms with Crippen LogP contribution in [-0.4, -0.2) is 10.9 Å². The van der Waals surface area contributed by atoms with Crippen molar-refractivity contribution in [3.05, 3.63) is 95.6 Å². The minimum Gasteiger partial charge on any atom is -0.320 e. The maximum atomic E-state index is 12.5. The number of hydrogen-bond donors (Lipinski definition) is 2. The fourth-order valence-electron chi connectivity index (χ4n) is 2.79. The Labute approximate surface area is 155 Å². The number of para-hydroxylation sites is 1. The average molecular weight is 359 g/mol. The molecule has 0 saturated carbocycles. The highest BCUT2D eigenvalue weighted by Gasteiger charge is 2.12. The third-order valence-corrected chi connectivity index (χ3v) is 5.16. The Morgan fingerprint density at radius 3 is 2.27 bits per heavy atom. The summed E-state index contributed by atoms with van der Waals surface area (Å²) in [5.74, 6) is -0.177. The lowest BCUT2D eigenvalue weighted by Gasteiger charge is -2.13. The molecule has 1 heterocycles. The van der Waals surface area contributed by atoms with Crippen LogP contribution in [-0.2, 0) is 0 Å². The van der Waals surface area contributed by atoms with Crippen LogP contribution in [0.5, 0.6) is 0 Å². The first-order chi connectivity index (χ1) is 12.7. The van der Waals surface area contributed by atoms with Gasteiger partial charge in [-0.3, -0.25) is 10.1 Å². The summed E-state index contributed by atoms with van der Waals surface area (Å²) in [6, 6.07) is 24.9. The Bertz CT molecular complexity index is 1010. The van der Waals surface area contributed by atoms with Crippen LogP contribution in [0.2, 0.25) is 0 Å². The van der Waals surface area contributed by atoms with Crippen molar-refractivity contribution in [3.8, 4) is 0 Å². The minimum atomic E-state index is -0.211. The summed E-state index contributed by atoms with van der Waals surface area (Å²) in [5.41, 5.74) is 9.77. The van der Waals surface area contributed by atoms with Crippen LogP contribution in [0.3, 0.4) is 0 Å². The number of nitrogens with one attached hydrogen (secondary N) is 1. The van der Waals surface area contributed by atoms with E-state index < -0.39 is 0 Å². The number of nitrogens with zero attached hydrogens (tertiary/aromatic N) is 1. The van der Waals surface area contributed by atoms with E-state index in [4.69, 9.17) is 5.73 Å². The Morgan fingerprint density at radius 2 is 1.54 bits per heavy atom. The second-order valence-electron chi connectivity index (χ2n) is 5.95. The largest absolute Gasteiger partial charge is 0.320 e. The molecule has 4 nitrogen and oxygen atoms in total. The number of benzene rings is 3. The number of carbonyl (C=O) groups excluding carboxylic acids is 1. The molecule has 0 saturated heterocycles. The highest BCUT2D eigenvalue weighted by Crippen LogP contribution is 2.26. The molecule has 0 aliphatic carbocycles. The number of amides is 1. The predicted molar refractivity (Wildman–Crippen MR) is 106 cm³/mol. The number of hydrogen-bond acceptors (Lipinski definition) is 4. The van der Waals surface area contributed by atoms with Crippen molar-refractivity contribution in [1.29, 1.82) is 0 Å². The first kappa shape index (κ1) is 16.4. The lowest BCUT2D eigenvalue weighted by molar-refractivity contribution is 0.102. The van der Waals surface area contributed by atoms with Gasteiger partial charge < -0.3 is 5.73 Å². The third-order valence-electron chi connectivity index (χ3n) is 4.21. The predicted octanol–water partition coefficient (Wildman–Crippen LogP) is 4.60. The zero-order valence-electron chi connectivity index (χ0n) is 13.9. The molecular formula is C21H17N3OS. The van der Waals surface area contributed by atoms with Gasteiger partial charge in [0.05, 0.1) is 16.3 Å². The van der Waals surface area contributed by atoms with Crippen molar-refractivity contribution in [2.45, 2.75) is 6.04 Å². The number of nitrogens with two attached hydrogens (primary N) is 1. The van der Waals surface area contributed by atoms with Gasteiger partial charge in [-0.2, -0.15) is 0 Å². The number of fused-ring (bicyclic) bond motifs is 1. The van der Waals surface area contributed by atoms with Gasteiger partial charge >= 0.3 is 0 Å². The van der Waals surface area contributed by atoms with Crippen LogP contribution in [0.15, 0.2) is 78.9 Å². The second kappa shape index (κ2) is 7.07. The first-order valence-electron chi connectivity index (χ1n) is 8.28. The Hall–Kier alpha value is -3.02. The molecule has 26 heavy (non-hydrogen) atoms. The van der Waals surface area contributed by atoms with Gasteiger partial charge in [0, 0.05) is 5.56 Å². The molecule has 0 spiro atoms. The van der Waals surface area contributed by atoms with Crippen molar-refractivity contribution in [1.82, 2.24) is 4.98 Å². The summed E-state index contributed by atoms with van der Waals surface area (Å²) in [4.78, 5) is 16.9. The van der Waals surface area contributed by atoms with E-state index >= 15 is 0 Å². The van der Waals surface area contributed by atoms with Crippen molar-refractivity contribution in [2.75, 3.05) is 5.32 Å². The second-order valence-corrected chi connectivity index (χ2v) is 6.98. The molecule has 5 heteroatoms. The van der Waals surface area contributed by atoms with E-state index in [2.05, 4.69) is 10.3 Å². The zero-order valence-corrected chi connectivity index (χ0v) is 14.7. The fraction of sp³-hybridized carbons (Fsp3) is 0.0476. The molecule has 0 bridgehead atoms. The van der Waals surface area contributed by atoms with Gasteiger partial charge in [-0.05, 0) is 35.4 Å². The molecule has 0 aliphatic rings. The lowest BCUT2D eigenvalue weighted by Crippen LogP contribution is -2.14. The van der Waals surface area contributed by atoms with Gasteiger partial charge in [-0.15, -0.1) is 0 Å². The highest BCUT2D eigenvalue weighted by atomic mass is 32.1. The molecule has 4 aromatic rings. The summed E-state index contributed by atoms with van der Waals surface area (Å²) in [5, 5.41) is 3.46. The molecule has 1 aromatic heterocycles. The number of rotatable bonds is 4. The van der Waals surface area contributed by atoms with E-state index in [0.717, 1.165) is 21.3 Å². The molecule has 0 fully saturated rings. The number of aromatic nitrogens is 1. The smallest absolute Gasteiger partial charge is 0.257 e. The van der Waals surface area contributed by atoms with E-state index in [1.165, 1.54) is 11.3 Å². The molecule has 1 atom stereocenters. The Morgan fingerprint density at radius 1 is 0.885 bits per heavy atom. The molecule has 0 radical (unpaired) electrons. The summed E-state index contributed by atoms with van der Waals surface area (Å²) in [6.45, 7) is 0. The lowest BCUT2D eigenvalue weighted by atomic mass is 9.98. The third kappa shape index (κ3) is 3.35. The standard InChI is InChI=1S/C21H17N3OS/c22-19(14-6-2-1-3-7-14)15-10-12-16(13-11-15)20(25)24-21-23-17-8-4-5-9-18(17)26-21/h1-13,19H,22H2,(H,23,24,25)/t19-/m1/s1. The van der Waals surface area contributed by atoms with Crippen LogP contribution in [0.25, 0.3) is 10.2 Å². The minimum absolute atomic E-state index is 0.177. The van der Waals surface area contributed by atoms with E-state index in [9.17, 15) is 4.79 Å². The van der Waals surface area contributed by atoms with Gasteiger partial charge in [-0.25, -0.2) is 4.98 Å². The van der Waals surface area contributed by atoms with Gasteiger partial charge in [0.25, 0.3) is 5.91 Å². The number of thiazole rings is 1. The van der Waals surface area contributed by atoms with Crippen molar-refractivity contribution in [3.63, 3.8) is 0 Å². The fourth-order valence-corrected chi connectivity index (χ4v) is 3.65. The van der Waals surface area contributed by atoms with Crippen molar-refractivity contribution in [2.24, 2.45) is 5.73 Å². The number of carbonyl (C=O) groups is 1. The molecule has 4 rings (SSSR count). The van der Waals surface area contributed by atoms with Crippen molar-refractivity contribution < 1.29 is 4.79 Å². The number of anilines is 1. The van der Waals surface area contributed by atoms with Crippen LogP contribution >= 0.6 is 11.3 Å². The Balaban J connectivity index is 1.50. The van der Waals surface area contributed by atoms with Gasteiger partial charge in [0.1, 0.15) is 0 Å². The quantitative estimate of drug-likeness (QED) is 0.560. The monoisotopic (exact) mass is 359 g/mol. The molecule has 0 unspecified atom stereocenters. The van der Waals surface area contributed by atoms with Crippen LogP contribution in [0.1, 0.15) is 27.5 Å². The maximum absolute atomic E-state index is 12.5. The molecule has 1 amide bonds. The van der Waals surface area contributed by atoms with E-state index in [-0.39, 0.29) is 11.9 Å². The van der Waals surface area contributed by atoms with Crippen LogP contribution in [0, 0.1) is 0 Å². The summed E-state index contributed by atoms with van der Waals surface area (Å²) in [7, 11) is 0. The molecule has 3 N–H and O–H groups in total. The summed E-state index contributed by atoms with van der Waals surface area (Å²) >= 11 is 1.46. The zero-order chi connectivity index (χ0) is 17.9. The van der Waals surface area contributed by atoms with E-state index in [1.807, 2.05) is 66.7 Å². The summed E-state index contributed by atoms with van der Waals surface area (Å²) < 4.78 is 1.05. The maximum Gasteiger partial charge on any atom is 0.257 e. The molecule has 3 aromatic carbocycles. The molecule has 0 aliphatic heterocycles. The average Bonchev–Trinajstić information content (AvgIpc) is 3.10. The van der Waals surface area contributed by atoms with Crippen molar-refractivity contribution >= 4 is 32.6 Å². The van der Waals surface area contributed by atoms with Gasteiger partial charge in [0.2, 0.25) is 0 Å².